The minimum atomic E-state index is -0.218. The summed E-state index contributed by atoms with van der Waals surface area (Å²) in [7, 11) is 2.26. The van der Waals surface area contributed by atoms with Crippen LogP contribution in [0, 0.1) is 5.92 Å². The van der Waals surface area contributed by atoms with Crippen molar-refractivity contribution in [3.05, 3.63) is 63.4 Å². The Morgan fingerprint density at radius 2 is 1.89 bits per heavy atom. The minimum Gasteiger partial charge on any atom is -0.352 e. The van der Waals surface area contributed by atoms with E-state index in [1.807, 2.05) is 38.1 Å². The highest BCUT2D eigenvalue weighted by Crippen LogP contribution is 2.38. The number of aromatic nitrogens is 2. The van der Waals surface area contributed by atoms with Gasteiger partial charge in [-0.3, -0.25) is 14.2 Å². The van der Waals surface area contributed by atoms with E-state index in [2.05, 4.69) is 23.3 Å². The van der Waals surface area contributed by atoms with Crippen molar-refractivity contribution in [2.75, 3.05) is 7.05 Å². The van der Waals surface area contributed by atoms with Crippen molar-refractivity contribution < 1.29 is 4.79 Å². The first-order valence-corrected chi connectivity index (χ1v) is 13.0. The fraction of sp³-hybridized carbons (Fsp3) is 0.464. The summed E-state index contributed by atoms with van der Waals surface area (Å²) in [5, 5.41) is 3.99. The van der Waals surface area contributed by atoms with Crippen LogP contribution in [0.15, 0.2) is 47.3 Å². The molecule has 2 aromatic carbocycles. The fourth-order valence-electron chi connectivity index (χ4n) is 5.93. The van der Waals surface area contributed by atoms with Crippen LogP contribution in [0.3, 0.4) is 0 Å². The summed E-state index contributed by atoms with van der Waals surface area (Å²) in [5.74, 6) is 0.868. The molecule has 6 nitrogen and oxygen atoms in total. The summed E-state index contributed by atoms with van der Waals surface area (Å²) in [6, 6.07) is 14.6. The zero-order valence-electron chi connectivity index (χ0n) is 20.6. The first-order chi connectivity index (χ1) is 16.8. The van der Waals surface area contributed by atoms with Gasteiger partial charge in [-0.05, 0) is 88.7 Å². The molecule has 0 spiro atoms. The minimum absolute atomic E-state index is 0.0160. The Hall–Kier alpha value is -2.70. The molecule has 3 aromatic rings. The standard InChI is InChI=1S/C28H33ClN4O2/c1-17(2)30-26(34)16-33-27(20-5-4-6-21(29)15-20)31-25-10-7-18(14-24(25)28(33)35)11-19-12-22-8-9-23(13-19)32(22)3/h4-7,10,14-15,17,19,22-23H,8-9,11-13,16H2,1-3H3,(H,30,34). The number of nitrogens with one attached hydrogen (secondary N) is 1. The molecule has 7 heteroatoms. The average molecular weight is 493 g/mol. The van der Waals surface area contributed by atoms with E-state index in [0.717, 1.165) is 6.42 Å². The lowest BCUT2D eigenvalue weighted by Crippen LogP contribution is -2.40. The summed E-state index contributed by atoms with van der Waals surface area (Å²) in [4.78, 5) is 33.8. The molecule has 0 radical (unpaired) electrons. The quantitative estimate of drug-likeness (QED) is 0.543. The lowest BCUT2D eigenvalue weighted by molar-refractivity contribution is -0.122. The predicted molar refractivity (Wildman–Crippen MR) is 141 cm³/mol. The number of fused-ring (bicyclic) bond motifs is 3. The largest absolute Gasteiger partial charge is 0.352 e. The molecule has 2 aliphatic heterocycles. The molecule has 0 aliphatic carbocycles. The van der Waals surface area contributed by atoms with E-state index < -0.39 is 0 Å². The third-order valence-corrected chi connectivity index (χ3v) is 7.81. The van der Waals surface area contributed by atoms with Crippen molar-refractivity contribution in [1.29, 1.82) is 0 Å². The summed E-state index contributed by atoms with van der Waals surface area (Å²) in [6.45, 7) is 3.71. The molecule has 35 heavy (non-hydrogen) atoms. The van der Waals surface area contributed by atoms with Gasteiger partial charge in [0.2, 0.25) is 5.91 Å². The first kappa shape index (κ1) is 24.0. The number of carbonyl (C=O) groups excluding carboxylic acids is 1. The third kappa shape index (κ3) is 5.00. The molecule has 5 rings (SSSR count). The van der Waals surface area contributed by atoms with E-state index in [0.29, 0.717) is 45.3 Å². The Morgan fingerprint density at radius 3 is 2.57 bits per heavy atom. The maximum absolute atomic E-state index is 13.7. The monoisotopic (exact) mass is 492 g/mol. The van der Waals surface area contributed by atoms with Crippen molar-refractivity contribution in [2.45, 2.75) is 70.6 Å². The van der Waals surface area contributed by atoms with Crippen LogP contribution < -0.4 is 10.9 Å². The highest BCUT2D eigenvalue weighted by Gasteiger charge is 2.38. The van der Waals surface area contributed by atoms with Crippen LogP contribution in [0.25, 0.3) is 22.3 Å². The SMILES string of the molecule is CC(C)NC(=O)Cn1c(-c2cccc(Cl)c2)nc2ccc(CC3CC4CCC(C3)N4C)cc2c1=O. The van der Waals surface area contributed by atoms with Crippen LogP contribution in [-0.4, -0.2) is 45.5 Å². The van der Waals surface area contributed by atoms with Crippen LogP contribution in [0.1, 0.15) is 45.1 Å². The Bertz CT molecular complexity index is 1300. The van der Waals surface area contributed by atoms with Crippen LogP contribution in [0.5, 0.6) is 0 Å². The highest BCUT2D eigenvalue weighted by atomic mass is 35.5. The molecule has 2 unspecified atom stereocenters. The number of amides is 1. The summed E-state index contributed by atoms with van der Waals surface area (Å²) in [6.07, 6.45) is 6.01. The second-order valence-electron chi connectivity index (χ2n) is 10.5. The zero-order chi connectivity index (χ0) is 24.7. The number of hydrogen-bond donors (Lipinski definition) is 1. The Kier molecular flexibility index (Phi) is 6.69. The molecule has 1 N–H and O–H groups in total. The maximum atomic E-state index is 13.7. The van der Waals surface area contributed by atoms with Crippen molar-refractivity contribution in [2.24, 2.45) is 5.92 Å². The lowest BCUT2D eigenvalue weighted by atomic mass is 9.86. The second-order valence-corrected chi connectivity index (χ2v) is 10.9. The zero-order valence-corrected chi connectivity index (χ0v) is 21.4. The van der Waals surface area contributed by atoms with Gasteiger partial charge in [-0.15, -0.1) is 0 Å². The highest BCUT2D eigenvalue weighted by molar-refractivity contribution is 6.30. The van der Waals surface area contributed by atoms with E-state index in [1.54, 1.807) is 12.1 Å². The smallest absolute Gasteiger partial charge is 0.262 e. The van der Waals surface area contributed by atoms with Crippen LogP contribution >= 0.6 is 11.6 Å². The van der Waals surface area contributed by atoms with Gasteiger partial charge in [0.15, 0.2) is 0 Å². The van der Waals surface area contributed by atoms with Gasteiger partial charge in [0.05, 0.1) is 10.9 Å². The number of rotatable bonds is 6. The van der Waals surface area contributed by atoms with E-state index in [-0.39, 0.29) is 24.1 Å². The summed E-state index contributed by atoms with van der Waals surface area (Å²) < 4.78 is 1.48. The normalized spacial score (nSPS) is 22.1. The Morgan fingerprint density at radius 1 is 1.14 bits per heavy atom. The van der Waals surface area contributed by atoms with E-state index in [4.69, 9.17) is 16.6 Å². The maximum Gasteiger partial charge on any atom is 0.262 e. The second kappa shape index (κ2) is 9.75. The summed E-state index contributed by atoms with van der Waals surface area (Å²) in [5.41, 5.74) is 2.31. The number of halogens is 1. The Labute approximate surface area is 211 Å². The van der Waals surface area contributed by atoms with Gasteiger partial charge in [0.25, 0.3) is 5.56 Å². The Balaban J connectivity index is 1.52. The topological polar surface area (TPSA) is 67.2 Å². The third-order valence-electron chi connectivity index (χ3n) is 7.57. The van der Waals surface area contributed by atoms with Crippen LogP contribution in [0.2, 0.25) is 5.02 Å². The van der Waals surface area contributed by atoms with Gasteiger partial charge in [0.1, 0.15) is 12.4 Å². The van der Waals surface area contributed by atoms with Gasteiger partial charge >= 0.3 is 0 Å². The molecule has 3 heterocycles. The van der Waals surface area contributed by atoms with E-state index >= 15 is 0 Å². The van der Waals surface area contributed by atoms with Gasteiger partial charge in [-0.25, -0.2) is 4.98 Å². The van der Waals surface area contributed by atoms with Crippen molar-refractivity contribution in [3.63, 3.8) is 0 Å². The van der Waals surface area contributed by atoms with Gasteiger partial charge in [-0.1, -0.05) is 29.8 Å². The molecule has 2 fully saturated rings. The lowest BCUT2D eigenvalue weighted by Gasteiger charge is -2.36. The van der Waals surface area contributed by atoms with Gasteiger partial charge in [-0.2, -0.15) is 0 Å². The summed E-state index contributed by atoms with van der Waals surface area (Å²) >= 11 is 6.23. The van der Waals surface area contributed by atoms with Crippen molar-refractivity contribution >= 4 is 28.4 Å². The van der Waals surface area contributed by atoms with Crippen LogP contribution in [-0.2, 0) is 17.8 Å². The number of hydrogen-bond acceptors (Lipinski definition) is 4. The number of nitrogens with zero attached hydrogens (tertiary/aromatic N) is 3. The van der Waals surface area contributed by atoms with Gasteiger partial charge < -0.3 is 10.2 Å². The van der Waals surface area contributed by atoms with Crippen molar-refractivity contribution in [1.82, 2.24) is 19.8 Å². The average Bonchev–Trinajstić information content (AvgIpc) is 3.01. The number of piperidine rings is 1. The van der Waals surface area contributed by atoms with Crippen molar-refractivity contribution in [3.8, 4) is 11.4 Å². The number of benzene rings is 2. The molecular weight excluding hydrogens is 460 g/mol. The molecular formula is C28H33ClN4O2. The molecule has 2 bridgehead atoms. The van der Waals surface area contributed by atoms with Gasteiger partial charge in [0, 0.05) is 28.7 Å². The molecule has 2 atom stereocenters. The molecule has 184 valence electrons. The molecule has 2 saturated heterocycles. The van der Waals surface area contributed by atoms with E-state index in [1.165, 1.54) is 35.8 Å². The van der Waals surface area contributed by atoms with Crippen LogP contribution in [0.4, 0.5) is 0 Å². The molecule has 1 aromatic heterocycles. The fourth-order valence-corrected chi connectivity index (χ4v) is 6.12. The van der Waals surface area contributed by atoms with E-state index in [9.17, 15) is 9.59 Å². The molecule has 1 amide bonds. The molecule has 0 saturated carbocycles. The first-order valence-electron chi connectivity index (χ1n) is 12.6. The predicted octanol–water partition coefficient (Wildman–Crippen LogP) is 4.66. The molecule has 2 aliphatic rings. The number of carbonyl (C=O) groups is 1.